The van der Waals surface area contributed by atoms with E-state index in [2.05, 4.69) is 10.3 Å². The molecule has 29 heavy (non-hydrogen) atoms. The summed E-state index contributed by atoms with van der Waals surface area (Å²) in [6, 6.07) is 8.76. The van der Waals surface area contributed by atoms with Gasteiger partial charge < -0.3 is 18.3 Å². The van der Waals surface area contributed by atoms with Crippen LogP contribution >= 0.6 is 0 Å². The summed E-state index contributed by atoms with van der Waals surface area (Å²) in [6.45, 7) is 0.700. The van der Waals surface area contributed by atoms with E-state index < -0.39 is 0 Å². The van der Waals surface area contributed by atoms with Crippen LogP contribution in [0.2, 0.25) is 0 Å². The number of fused-ring (bicyclic) bond motifs is 1. The van der Waals surface area contributed by atoms with Gasteiger partial charge in [-0.25, -0.2) is 0 Å². The molecule has 4 aromatic rings. The molecule has 0 fully saturated rings. The average Bonchev–Trinajstić information content (AvgIpc) is 3.51. The largest absolute Gasteiger partial charge is 0.467 e. The second-order valence-corrected chi connectivity index (χ2v) is 7.14. The molecule has 0 aromatic carbocycles. The Morgan fingerprint density at radius 1 is 1.14 bits per heavy atom. The lowest BCUT2D eigenvalue weighted by atomic mass is 10.2. The molecule has 0 bridgehead atoms. The Bertz CT molecular complexity index is 1120. The van der Waals surface area contributed by atoms with Gasteiger partial charge in [-0.1, -0.05) is 5.16 Å². The molecule has 0 atom stereocenters. The molecule has 1 amide bonds. The Labute approximate surface area is 166 Å². The number of aryl methyl sites for hydroxylation is 1. The summed E-state index contributed by atoms with van der Waals surface area (Å²) >= 11 is 0. The molecule has 0 aliphatic heterocycles. The van der Waals surface area contributed by atoms with Crippen molar-refractivity contribution in [3.63, 3.8) is 0 Å². The summed E-state index contributed by atoms with van der Waals surface area (Å²) in [5.74, 6) is 1.38. The van der Waals surface area contributed by atoms with E-state index in [1.165, 1.54) is 11.3 Å². The van der Waals surface area contributed by atoms with E-state index in [9.17, 15) is 4.79 Å². The van der Waals surface area contributed by atoms with Crippen LogP contribution in [-0.2, 0) is 33.0 Å². The van der Waals surface area contributed by atoms with Gasteiger partial charge in [-0.2, -0.15) is 5.10 Å². The minimum Gasteiger partial charge on any atom is -0.467 e. The maximum Gasteiger partial charge on any atom is 0.276 e. The van der Waals surface area contributed by atoms with E-state index in [4.69, 9.17) is 13.4 Å². The molecule has 148 valence electrons. The van der Waals surface area contributed by atoms with Crippen molar-refractivity contribution in [1.29, 1.82) is 0 Å². The lowest BCUT2D eigenvalue weighted by molar-refractivity contribution is 0.0704. The summed E-state index contributed by atoms with van der Waals surface area (Å²) in [5, 5.41) is 8.62. The third-order valence-electron chi connectivity index (χ3n) is 5.25. The Kier molecular flexibility index (Phi) is 4.31. The van der Waals surface area contributed by atoms with Crippen LogP contribution in [0.1, 0.15) is 39.6 Å². The average molecular weight is 392 g/mol. The smallest absolute Gasteiger partial charge is 0.276 e. The number of amides is 1. The number of aromatic nitrogens is 3. The molecule has 8 nitrogen and oxygen atoms in total. The van der Waals surface area contributed by atoms with E-state index in [1.54, 1.807) is 35.6 Å². The Hall–Kier alpha value is -3.55. The molecule has 0 unspecified atom stereocenters. The van der Waals surface area contributed by atoms with Crippen molar-refractivity contribution in [3.05, 3.63) is 71.3 Å². The van der Waals surface area contributed by atoms with Crippen molar-refractivity contribution in [1.82, 2.24) is 19.8 Å². The SMILES string of the molecule is Cn1nc(CN(Cc2ccco2)C(=O)c2cc(-c3ccco3)on2)c2c1CCC2. The molecule has 8 heteroatoms. The highest BCUT2D eigenvalue weighted by Crippen LogP contribution is 2.27. The summed E-state index contributed by atoms with van der Waals surface area (Å²) in [6.07, 6.45) is 6.29. The number of furan rings is 2. The third-order valence-corrected chi connectivity index (χ3v) is 5.25. The second kappa shape index (κ2) is 7.12. The van der Waals surface area contributed by atoms with Crippen LogP contribution in [0.15, 0.2) is 56.2 Å². The zero-order valence-electron chi connectivity index (χ0n) is 16.0. The van der Waals surface area contributed by atoms with Gasteiger partial charge in [0.1, 0.15) is 5.76 Å². The molecule has 1 aliphatic carbocycles. The highest BCUT2D eigenvalue weighted by molar-refractivity contribution is 5.93. The van der Waals surface area contributed by atoms with E-state index >= 15 is 0 Å². The fourth-order valence-electron chi connectivity index (χ4n) is 3.87. The van der Waals surface area contributed by atoms with Crippen molar-refractivity contribution < 1.29 is 18.2 Å². The maximum absolute atomic E-state index is 13.3. The predicted octanol–water partition coefficient (Wildman–Crippen LogP) is 3.59. The Morgan fingerprint density at radius 2 is 2.00 bits per heavy atom. The van der Waals surface area contributed by atoms with Gasteiger partial charge >= 0.3 is 0 Å². The van der Waals surface area contributed by atoms with Crippen molar-refractivity contribution in [3.8, 4) is 11.5 Å². The van der Waals surface area contributed by atoms with E-state index in [0.29, 0.717) is 30.4 Å². The summed E-state index contributed by atoms with van der Waals surface area (Å²) in [5.41, 5.74) is 3.65. The minimum atomic E-state index is -0.250. The molecule has 0 radical (unpaired) electrons. The lowest BCUT2D eigenvalue weighted by Gasteiger charge is -2.20. The normalized spacial score (nSPS) is 13.0. The highest BCUT2D eigenvalue weighted by atomic mass is 16.5. The molecule has 1 aliphatic rings. The molecule has 4 heterocycles. The van der Waals surface area contributed by atoms with Gasteiger partial charge in [0, 0.05) is 18.8 Å². The lowest BCUT2D eigenvalue weighted by Crippen LogP contribution is -2.30. The number of carbonyl (C=O) groups is 1. The van der Waals surface area contributed by atoms with E-state index in [1.807, 2.05) is 23.9 Å². The van der Waals surface area contributed by atoms with Crippen molar-refractivity contribution >= 4 is 5.91 Å². The van der Waals surface area contributed by atoms with Gasteiger partial charge in [-0.3, -0.25) is 9.48 Å². The molecule has 4 aromatic heterocycles. The second-order valence-electron chi connectivity index (χ2n) is 7.14. The molecular formula is C21H20N4O4. The highest BCUT2D eigenvalue weighted by Gasteiger charge is 2.27. The van der Waals surface area contributed by atoms with E-state index in [0.717, 1.165) is 25.0 Å². The van der Waals surface area contributed by atoms with Gasteiger partial charge in [-0.15, -0.1) is 0 Å². The van der Waals surface area contributed by atoms with Gasteiger partial charge in [0.15, 0.2) is 11.5 Å². The molecular weight excluding hydrogens is 372 g/mol. The molecule has 0 N–H and O–H groups in total. The van der Waals surface area contributed by atoms with Crippen LogP contribution in [0.25, 0.3) is 11.5 Å². The first kappa shape index (κ1) is 17.5. The number of hydrogen-bond donors (Lipinski definition) is 0. The summed E-state index contributed by atoms with van der Waals surface area (Å²) in [7, 11) is 1.96. The first-order valence-electron chi connectivity index (χ1n) is 9.55. The summed E-state index contributed by atoms with van der Waals surface area (Å²) in [4.78, 5) is 14.9. The van der Waals surface area contributed by atoms with Crippen LogP contribution in [0, 0.1) is 0 Å². The predicted molar refractivity (Wildman–Crippen MR) is 102 cm³/mol. The van der Waals surface area contributed by atoms with Crippen LogP contribution in [0.3, 0.4) is 0 Å². The fourth-order valence-corrected chi connectivity index (χ4v) is 3.87. The Morgan fingerprint density at radius 3 is 2.79 bits per heavy atom. The van der Waals surface area contributed by atoms with Gasteiger partial charge in [-0.05, 0) is 49.1 Å². The summed E-state index contributed by atoms with van der Waals surface area (Å²) < 4.78 is 18.0. The van der Waals surface area contributed by atoms with Crippen molar-refractivity contribution in [2.45, 2.75) is 32.4 Å². The number of carbonyl (C=O) groups excluding carboxylic acids is 1. The van der Waals surface area contributed by atoms with Crippen LogP contribution < -0.4 is 0 Å². The first-order valence-corrected chi connectivity index (χ1v) is 9.55. The molecule has 5 rings (SSSR count). The molecule has 0 spiro atoms. The fraction of sp³-hybridized carbons (Fsp3) is 0.286. The van der Waals surface area contributed by atoms with Gasteiger partial charge in [0.2, 0.25) is 5.76 Å². The quantitative estimate of drug-likeness (QED) is 0.498. The zero-order chi connectivity index (χ0) is 19.8. The minimum absolute atomic E-state index is 0.218. The maximum atomic E-state index is 13.3. The molecule has 0 saturated carbocycles. The standard InChI is InChI=1S/C21H20N4O4/c1-24-18-7-2-6-15(18)17(22-24)13-25(12-14-5-3-9-27-14)21(26)16-11-20(29-23-16)19-8-4-10-28-19/h3-5,8-11H,2,6-7,12-13H2,1H3. The molecule has 0 saturated heterocycles. The third kappa shape index (κ3) is 3.26. The van der Waals surface area contributed by atoms with Crippen LogP contribution in [0.5, 0.6) is 0 Å². The number of nitrogens with zero attached hydrogens (tertiary/aromatic N) is 4. The van der Waals surface area contributed by atoms with Crippen LogP contribution in [-0.4, -0.2) is 25.7 Å². The number of hydrogen-bond acceptors (Lipinski definition) is 6. The Balaban J connectivity index is 1.44. The van der Waals surface area contributed by atoms with Gasteiger partial charge in [0.25, 0.3) is 5.91 Å². The first-order chi connectivity index (χ1) is 14.2. The topological polar surface area (TPSA) is 90.4 Å². The van der Waals surface area contributed by atoms with Crippen LogP contribution in [0.4, 0.5) is 0 Å². The van der Waals surface area contributed by atoms with Crippen molar-refractivity contribution in [2.75, 3.05) is 0 Å². The van der Waals surface area contributed by atoms with Crippen molar-refractivity contribution in [2.24, 2.45) is 7.05 Å². The zero-order valence-corrected chi connectivity index (χ0v) is 16.0. The number of rotatable bonds is 6. The van der Waals surface area contributed by atoms with E-state index in [-0.39, 0.29) is 11.6 Å². The monoisotopic (exact) mass is 392 g/mol. The van der Waals surface area contributed by atoms with Gasteiger partial charge in [0.05, 0.1) is 31.3 Å².